The van der Waals surface area contributed by atoms with Crippen LogP contribution in [0.4, 0.5) is 0 Å². The number of rotatable bonds is 6. The molecule has 0 radical (unpaired) electrons. The molecule has 0 amide bonds. The highest BCUT2D eigenvalue weighted by Crippen LogP contribution is 2.40. The van der Waals surface area contributed by atoms with E-state index >= 15 is 0 Å². The van der Waals surface area contributed by atoms with Crippen LogP contribution in [0.2, 0.25) is 0 Å². The number of aryl methyl sites for hydroxylation is 1. The molecule has 106 valence electrons. The first kappa shape index (κ1) is 13.6. The van der Waals surface area contributed by atoms with Crippen LogP contribution < -0.4 is 0 Å². The van der Waals surface area contributed by atoms with Crippen LogP contribution in [0.1, 0.15) is 35.0 Å². The summed E-state index contributed by atoms with van der Waals surface area (Å²) < 4.78 is 2.09. The van der Waals surface area contributed by atoms with E-state index in [9.17, 15) is 4.79 Å². The zero-order chi connectivity index (χ0) is 14.1. The number of carbonyl (C=O) groups is 1. The second-order valence-corrected chi connectivity index (χ2v) is 6.85. The average molecular weight is 309 g/mol. The maximum atomic E-state index is 10.7. The van der Waals surface area contributed by atoms with Crippen molar-refractivity contribution in [2.45, 2.75) is 37.4 Å². The average Bonchev–Trinajstić information content (AvgIpc) is 3.06. The lowest BCUT2D eigenvalue weighted by Crippen LogP contribution is -2.07. The van der Waals surface area contributed by atoms with Gasteiger partial charge in [-0.05, 0) is 36.8 Å². The zero-order valence-electron chi connectivity index (χ0n) is 11.1. The van der Waals surface area contributed by atoms with Gasteiger partial charge in [0.1, 0.15) is 5.82 Å². The molecule has 0 bridgehead atoms. The van der Waals surface area contributed by atoms with Crippen LogP contribution in [0.15, 0.2) is 16.6 Å². The van der Waals surface area contributed by atoms with Gasteiger partial charge >= 0.3 is 5.97 Å². The molecule has 1 fully saturated rings. The van der Waals surface area contributed by atoms with Crippen molar-refractivity contribution in [3.8, 4) is 0 Å². The van der Waals surface area contributed by atoms with Crippen LogP contribution in [-0.2, 0) is 11.3 Å². The van der Waals surface area contributed by atoms with Gasteiger partial charge in [-0.2, -0.15) is 0 Å². The minimum absolute atomic E-state index is 0.0201. The molecule has 3 rings (SSSR count). The van der Waals surface area contributed by atoms with E-state index < -0.39 is 5.97 Å². The number of nitrogens with zero attached hydrogens (tertiary/aromatic N) is 3. The Morgan fingerprint density at radius 3 is 2.95 bits per heavy atom. The zero-order valence-corrected chi connectivity index (χ0v) is 12.7. The van der Waals surface area contributed by atoms with E-state index in [-0.39, 0.29) is 5.75 Å². The van der Waals surface area contributed by atoms with E-state index in [0.717, 1.165) is 25.2 Å². The van der Waals surface area contributed by atoms with Crippen molar-refractivity contribution in [2.24, 2.45) is 0 Å². The summed E-state index contributed by atoms with van der Waals surface area (Å²) >= 11 is 2.96. The summed E-state index contributed by atoms with van der Waals surface area (Å²) in [5, 5.41) is 20.1. The lowest BCUT2D eigenvalue weighted by Gasteiger charge is -2.08. The number of aliphatic carboxylic acids is 1. The van der Waals surface area contributed by atoms with Crippen molar-refractivity contribution in [1.82, 2.24) is 14.8 Å². The third-order valence-electron chi connectivity index (χ3n) is 3.28. The molecule has 2 aromatic rings. The summed E-state index contributed by atoms with van der Waals surface area (Å²) in [4.78, 5) is 12.0. The van der Waals surface area contributed by atoms with Gasteiger partial charge in [-0.3, -0.25) is 4.79 Å². The minimum Gasteiger partial charge on any atom is -0.481 e. The summed E-state index contributed by atoms with van der Waals surface area (Å²) in [6.07, 6.45) is 2.32. The summed E-state index contributed by atoms with van der Waals surface area (Å²) in [7, 11) is 0. The fourth-order valence-electron chi connectivity index (χ4n) is 2.03. The molecule has 0 spiro atoms. The van der Waals surface area contributed by atoms with Gasteiger partial charge in [-0.25, -0.2) is 0 Å². The number of hydrogen-bond donors (Lipinski definition) is 1. The smallest absolute Gasteiger partial charge is 0.313 e. The van der Waals surface area contributed by atoms with Crippen molar-refractivity contribution in [2.75, 3.05) is 5.75 Å². The fourth-order valence-corrected chi connectivity index (χ4v) is 3.59. The van der Waals surface area contributed by atoms with E-state index in [1.54, 1.807) is 11.3 Å². The van der Waals surface area contributed by atoms with E-state index in [2.05, 4.69) is 33.1 Å². The van der Waals surface area contributed by atoms with Crippen LogP contribution in [0.25, 0.3) is 0 Å². The van der Waals surface area contributed by atoms with Crippen molar-refractivity contribution >= 4 is 29.1 Å². The molecule has 1 saturated carbocycles. The topological polar surface area (TPSA) is 68.0 Å². The molecule has 1 N–H and O–H groups in total. The van der Waals surface area contributed by atoms with Gasteiger partial charge in [0, 0.05) is 10.8 Å². The summed E-state index contributed by atoms with van der Waals surface area (Å²) in [5.74, 6) is 0.698. The molecule has 0 atom stereocenters. The molecule has 2 aromatic heterocycles. The molecular formula is C13H15N3O2S2. The Bertz CT molecular complexity index is 631. The molecule has 20 heavy (non-hydrogen) atoms. The van der Waals surface area contributed by atoms with Crippen molar-refractivity contribution in [1.29, 1.82) is 0 Å². The minimum atomic E-state index is -0.829. The predicted molar refractivity (Wildman–Crippen MR) is 78.5 cm³/mol. The number of thiophene rings is 1. The van der Waals surface area contributed by atoms with Gasteiger partial charge in [0.15, 0.2) is 5.16 Å². The number of carboxylic acid groups (broad SMARTS) is 1. The van der Waals surface area contributed by atoms with Gasteiger partial charge in [-0.1, -0.05) is 11.8 Å². The Hall–Kier alpha value is -1.34. The van der Waals surface area contributed by atoms with E-state index in [0.29, 0.717) is 11.1 Å². The number of carboxylic acids is 1. The summed E-state index contributed by atoms with van der Waals surface area (Å²) in [6, 6.07) is 2.10. The molecule has 0 aromatic carbocycles. The van der Waals surface area contributed by atoms with Gasteiger partial charge in [0.05, 0.1) is 12.3 Å². The van der Waals surface area contributed by atoms with Crippen molar-refractivity contribution in [3.63, 3.8) is 0 Å². The van der Waals surface area contributed by atoms with Crippen molar-refractivity contribution < 1.29 is 9.90 Å². The van der Waals surface area contributed by atoms with Crippen LogP contribution in [0.3, 0.4) is 0 Å². The molecule has 5 nitrogen and oxygen atoms in total. The molecule has 1 aliphatic carbocycles. The maximum absolute atomic E-state index is 10.7. The van der Waals surface area contributed by atoms with Crippen LogP contribution in [0, 0.1) is 6.92 Å². The third-order valence-corrected chi connectivity index (χ3v) is 5.24. The van der Waals surface area contributed by atoms with E-state index in [1.807, 2.05) is 0 Å². The fraction of sp³-hybridized carbons (Fsp3) is 0.462. The van der Waals surface area contributed by atoms with E-state index in [4.69, 9.17) is 5.11 Å². The van der Waals surface area contributed by atoms with Crippen molar-refractivity contribution in [3.05, 3.63) is 27.7 Å². The molecule has 7 heteroatoms. The normalized spacial score (nSPS) is 14.7. The highest BCUT2D eigenvalue weighted by Gasteiger charge is 2.30. The number of aromatic nitrogens is 3. The maximum Gasteiger partial charge on any atom is 0.313 e. The molecule has 0 unspecified atom stereocenters. The highest BCUT2D eigenvalue weighted by atomic mass is 32.2. The summed E-state index contributed by atoms with van der Waals surface area (Å²) in [5.41, 5.74) is 1.26. The molecule has 2 heterocycles. The Morgan fingerprint density at radius 2 is 2.35 bits per heavy atom. The lowest BCUT2D eigenvalue weighted by atomic mass is 10.3. The third kappa shape index (κ3) is 2.88. The monoisotopic (exact) mass is 309 g/mol. The SMILES string of the molecule is Cc1ccsc1Cn1c(SCC(=O)O)nnc1C1CC1. The van der Waals surface area contributed by atoms with Gasteiger partial charge in [0.25, 0.3) is 0 Å². The Morgan fingerprint density at radius 1 is 1.55 bits per heavy atom. The Labute approximate surface area is 125 Å². The standard InChI is InChI=1S/C13H15N3O2S2/c1-8-4-5-19-10(8)6-16-12(9-2-3-9)14-15-13(16)20-7-11(17)18/h4-5,9H,2-3,6-7H2,1H3,(H,17,18). The molecule has 1 aliphatic rings. The molecule has 0 saturated heterocycles. The number of hydrogen-bond acceptors (Lipinski definition) is 5. The van der Waals surface area contributed by atoms with E-state index in [1.165, 1.54) is 22.2 Å². The van der Waals surface area contributed by atoms with Crippen LogP contribution in [0.5, 0.6) is 0 Å². The number of thioether (sulfide) groups is 1. The quantitative estimate of drug-likeness (QED) is 0.831. The Kier molecular flexibility index (Phi) is 3.80. The first-order chi connectivity index (χ1) is 9.65. The van der Waals surface area contributed by atoms with Gasteiger partial charge < -0.3 is 9.67 Å². The molecule has 0 aliphatic heterocycles. The van der Waals surface area contributed by atoms with Crippen LogP contribution >= 0.6 is 23.1 Å². The second-order valence-electron chi connectivity index (χ2n) is 4.91. The first-order valence-electron chi connectivity index (χ1n) is 6.46. The second kappa shape index (κ2) is 5.57. The largest absolute Gasteiger partial charge is 0.481 e. The summed E-state index contributed by atoms with van der Waals surface area (Å²) in [6.45, 7) is 2.83. The Balaban J connectivity index is 1.87. The highest BCUT2D eigenvalue weighted by molar-refractivity contribution is 7.99. The predicted octanol–water partition coefficient (Wildman–Crippen LogP) is 2.75. The molecular weight excluding hydrogens is 294 g/mol. The first-order valence-corrected chi connectivity index (χ1v) is 8.32. The van der Waals surface area contributed by atoms with Gasteiger partial charge in [0.2, 0.25) is 0 Å². The van der Waals surface area contributed by atoms with Gasteiger partial charge in [-0.15, -0.1) is 21.5 Å². The van der Waals surface area contributed by atoms with Crippen LogP contribution in [-0.4, -0.2) is 31.6 Å². The lowest BCUT2D eigenvalue weighted by molar-refractivity contribution is -0.133.